The van der Waals surface area contributed by atoms with Crippen LogP contribution in [0.2, 0.25) is 5.02 Å². The number of nitrogens with zero attached hydrogens (tertiary/aromatic N) is 4. The molecule has 7 heteroatoms. The standard InChI is InChI=1S/C15H11ClN4O2/c1-9-14(20-7-3-2-4-13(20)17-9)19-18-10-5-6-12(16)11(8-10)15(21)22/h2-8H,1H3,(H,21,22). The molecule has 110 valence electrons. The largest absolute Gasteiger partial charge is 0.478 e. The lowest BCUT2D eigenvalue weighted by atomic mass is 10.2. The van der Waals surface area contributed by atoms with E-state index in [0.717, 1.165) is 11.3 Å². The van der Waals surface area contributed by atoms with Gasteiger partial charge in [-0.05, 0) is 37.3 Å². The smallest absolute Gasteiger partial charge is 0.337 e. The second-order valence-electron chi connectivity index (χ2n) is 4.62. The number of aryl methyl sites for hydroxylation is 1. The summed E-state index contributed by atoms with van der Waals surface area (Å²) < 4.78 is 1.81. The quantitative estimate of drug-likeness (QED) is 0.727. The molecule has 6 nitrogen and oxygen atoms in total. The van der Waals surface area contributed by atoms with E-state index in [0.29, 0.717) is 11.5 Å². The predicted molar refractivity (Wildman–Crippen MR) is 82.5 cm³/mol. The first kappa shape index (κ1) is 14.2. The molecule has 2 heterocycles. The maximum atomic E-state index is 11.1. The van der Waals surface area contributed by atoms with Crippen molar-refractivity contribution < 1.29 is 9.90 Å². The Morgan fingerprint density at radius 3 is 2.86 bits per heavy atom. The molecule has 0 saturated heterocycles. The van der Waals surface area contributed by atoms with Crippen LogP contribution in [0.1, 0.15) is 16.1 Å². The molecule has 22 heavy (non-hydrogen) atoms. The fraction of sp³-hybridized carbons (Fsp3) is 0.0667. The first-order valence-electron chi connectivity index (χ1n) is 6.44. The van der Waals surface area contributed by atoms with Gasteiger partial charge in [0.25, 0.3) is 0 Å². The zero-order valence-corrected chi connectivity index (χ0v) is 12.3. The molecule has 3 aromatic rings. The number of aromatic nitrogens is 2. The van der Waals surface area contributed by atoms with Crippen LogP contribution in [-0.4, -0.2) is 20.5 Å². The summed E-state index contributed by atoms with van der Waals surface area (Å²) in [6.07, 6.45) is 1.84. The van der Waals surface area contributed by atoms with Crippen LogP contribution in [0.3, 0.4) is 0 Å². The number of hydrogen-bond acceptors (Lipinski definition) is 4. The number of benzene rings is 1. The van der Waals surface area contributed by atoms with Gasteiger partial charge in [-0.1, -0.05) is 17.7 Å². The van der Waals surface area contributed by atoms with Crippen molar-refractivity contribution in [3.63, 3.8) is 0 Å². The SMILES string of the molecule is Cc1nc2ccccn2c1N=Nc1ccc(Cl)c(C(=O)O)c1. The van der Waals surface area contributed by atoms with Gasteiger partial charge in [-0.15, -0.1) is 10.2 Å². The van der Waals surface area contributed by atoms with E-state index >= 15 is 0 Å². The molecule has 0 saturated carbocycles. The molecule has 3 rings (SSSR count). The van der Waals surface area contributed by atoms with Crippen LogP contribution in [0.5, 0.6) is 0 Å². The van der Waals surface area contributed by atoms with Crippen molar-refractivity contribution >= 4 is 34.7 Å². The van der Waals surface area contributed by atoms with E-state index in [4.69, 9.17) is 16.7 Å². The Balaban J connectivity index is 2.01. The van der Waals surface area contributed by atoms with Gasteiger partial charge in [0.1, 0.15) is 5.65 Å². The third-order valence-corrected chi connectivity index (χ3v) is 3.44. The summed E-state index contributed by atoms with van der Waals surface area (Å²) in [6.45, 7) is 1.84. The normalized spacial score (nSPS) is 11.4. The van der Waals surface area contributed by atoms with Gasteiger partial charge >= 0.3 is 5.97 Å². The predicted octanol–water partition coefficient (Wildman–Crippen LogP) is 4.41. The Morgan fingerprint density at radius 2 is 2.09 bits per heavy atom. The highest BCUT2D eigenvalue weighted by atomic mass is 35.5. The summed E-state index contributed by atoms with van der Waals surface area (Å²) in [7, 11) is 0. The Hall–Kier alpha value is -2.73. The summed E-state index contributed by atoms with van der Waals surface area (Å²) in [4.78, 5) is 15.4. The van der Waals surface area contributed by atoms with Gasteiger partial charge in [-0.2, -0.15) is 0 Å². The van der Waals surface area contributed by atoms with Crippen molar-refractivity contribution in [2.45, 2.75) is 6.92 Å². The van der Waals surface area contributed by atoms with E-state index in [1.807, 2.05) is 35.7 Å². The van der Waals surface area contributed by atoms with E-state index in [2.05, 4.69) is 15.2 Å². The van der Waals surface area contributed by atoms with Crippen molar-refractivity contribution in [1.29, 1.82) is 0 Å². The van der Waals surface area contributed by atoms with Crippen LogP contribution in [-0.2, 0) is 0 Å². The van der Waals surface area contributed by atoms with Crippen LogP contribution >= 0.6 is 11.6 Å². The molecule has 0 aliphatic rings. The summed E-state index contributed by atoms with van der Waals surface area (Å²) in [5, 5.41) is 17.5. The maximum Gasteiger partial charge on any atom is 0.337 e. The molecular formula is C15H11ClN4O2. The summed E-state index contributed by atoms with van der Waals surface area (Å²) in [6, 6.07) is 10.1. The van der Waals surface area contributed by atoms with Gasteiger partial charge in [-0.25, -0.2) is 9.78 Å². The minimum Gasteiger partial charge on any atom is -0.478 e. The third kappa shape index (κ3) is 2.56. The molecule has 0 aliphatic heterocycles. The third-order valence-electron chi connectivity index (χ3n) is 3.11. The topological polar surface area (TPSA) is 79.3 Å². The van der Waals surface area contributed by atoms with Crippen molar-refractivity contribution in [3.05, 3.63) is 58.9 Å². The lowest BCUT2D eigenvalue weighted by Crippen LogP contribution is -1.96. The maximum absolute atomic E-state index is 11.1. The van der Waals surface area contributed by atoms with Gasteiger partial charge in [0.15, 0.2) is 5.82 Å². The van der Waals surface area contributed by atoms with Gasteiger partial charge in [-0.3, -0.25) is 4.40 Å². The second-order valence-corrected chi connectivity index (χ2v) is 5.03. The number of carboxylic acid groups (broad SMARTS) is 1. The molecule has 0 radical (unpaired) electrons. The minimum atomic E-state index is -1.10. The molecule has 1 aromatic carbocycles. The van der Waals surface area contributed by atoms with Crippen molar-refractivity contribution in [2.75, 3.05) is 0 Å². The van der Waals surface area contributed by atoms with Gasteiger partial charge in [0.05, 0.1) is 22.0 Å². The number of halogens is 1. The van der Waals surface area contributed by atoms with Crippen LogP contribution in [0.15, 0.2) is 52.8 Å². The second kappa shape index (κ2) is 5.57. The molecule has 0 spiro atoms. The number of carbonyl (C=O) groups is 1. The number of hydrogen-bond donors (Lipinski definition) is 1. The Morgan fingerprint density at radius 1 is 1.27 bits per heavy atom. The number of azo groups is 1. The fourth-order valence-corrected chi connectivity index (χ4v) is 2.26. The zero-order chi connectivity index (χ0) is 15.7. The summed E-state index contributed by atoms with van der Waals surface area (Å²) in [5.41, 5.74) is 1.92. The molecule has 0 unspecified atom stereocenters. The van der Waals surface area contributed by atoms with Crippen molar-refractivity contribution in [1.82, 2.24) is 9.38 Å². The van der Waals surface area contributed by atoms with Crippen LogP contribution in [0.4, 0.5) is 11.5 Å². The first-order valence-corrected chi connectivity index (χ1v) is 6.82. The Labute approximate surface area is 130 Å². The average Bonchev–Trinajstić information content (AvgIpc) is 2.81. The lowest BCUT2D eigenvalue weighted by Gasteiger charge is -1.99. The Kier molecular flexibility index (Phi) is 3.60. The highest BCUT2D eigenvalue weighted by Crippen LogP contribution is 2.26. The summed E-state index contributed by atoms with van der Waals surface area (Å²) in [5.74, 6) is -0.504. The van der Waals surface area contributed by atoms with Gasteiger partial charge in [0, 0.05) is 6.20 Å². The highest BCUT2D eigenvalue weighted by molar-refractivity contribution is 6.33. The molecule has 1 N–H and O–H groups in total. The lowest BCUT2D eigenvalue weighted by molar-refractivity contribution is 0.0697. The molecule has 0 atom stereocenters. The van der Waals surface area contributed by atoms with E-state index in [1.54, 1.807) is 6.07 Å². The molecule has 0 bridgehead atoms. The monoisotopic (exact) mass is 314 g/mol. The number of imidazole rings is 1. The van der Waals surface area contributed by atoms with E-state index in [9.17, 15) is 4.79 Å². The van der Waals surface area contributed by atoms with E-state index < -0.39 is 5.97 Å². The molecular weight excluding hydrogens is 304 g/mol. The molecule has 0 amide bonds. The van der Waals surface area contributed by atoms with Gasteiger partial charge in [0.2, 0.25) is 0 Å². The van der Waals surface area contributed by atoms with Crippen LogP contribution < -0.4 is 0 Å². The highest BCUT2D eigenvalue weighted by Gasteiger charge is 2.10. The van der Waals surface area contributed by atoms with E-state index in [-0.39, 0.29) is 10.6 Å². The average molecular weight is 315 g/mol. The number of rotatable bonds is 3. The molecule has 2 aromatic heterocycles. The molecule has 0 fully saturated rings. The van der Waals surface area contributed by atoms with E-state index in [1.165, 1.54) is 12.1 Å². The summed E-state index contributed by atoms with van der Waals surface area (Å²) >= 11 is 5.83. The van der Waals surface area contributed by atoms with Crippen molar-refractivity contribution in [2.24, 2.45) is 10.2 Å². The van der Waals surface area contributed by atoms with Crippen LogP contribution in [0, 0.1) is 6.92 Å². The molecule has 0 aliphatic carbocycles. The fourth-order valence-electron chi connectivity index (χ4n) is 2.07. The number of aromatic carboxylic acids is 1. The number of pyridine rings is 1. The zero-order valence-electron chi connectivity index (χ0n) is 11.6. The van der Waals surface area contributed by atoms with Crippen molar-refractivity contribution in [3.8, 4) is 0 Å². The van der Waals surface area contributed by atoms with Gasteiger partial charge < -0.3 is 5.11 Å². The van der Waals surface area contributed by atoms with Crippen LogP contribution in [0.25, 0.3) is 5.65 Å². The Bertz CT molecular complexity index is 902. The first-order chi connectivity index (χ1) is 10.6. The minimum absolute atomic E-state index is 0.00650. The number of fused-ring (bicyclic) bond motifs is 1. The number of carboxylic acids is 1.